The van der Waals surface area contributed by atoms with E-state index in [1.54, 1.807) is 24.3 Å². The van der Waals surface area contributed by atoms with Crippen LogP contribution in [0.25, 0.3) is 0 Å². The summed E-state index contributed by atoms with van der Waals surface area (Å²) < 4.78 is 0. The van der Waals surface area contributed by atoms with Crippen LogP contribution in [0.4, 0.5) is 0 Å². The van der Waals surface area contributed by atoms with Crippen LogP contribution in [-0.2, 0) is 0 Å². The van der Waals surface area contributed by atoms with Crippen molar-refractivity contribution < 1.29 is 14.7 Å². The van der Waals surface area contributed by atoms with Gasteiger partial charge >= 0.3 is 35.5 Å². The molecule has 1 N–H and O–H groups in total. The Balaban J connectivity index is 0.00000180. The van der Waals surface area contributed by atoms with Gasteiger partial charge in [0.1, 0.15) is 0 Å². The summed E-state index contributed by atoms with van der Waals surface area (Å²) in [5.41, 5.74) is 0.875. The van der Waals surface area contributed by atoms with Gasteiger partial charge in [-0.3, -0.25) is 4.79 Å². The minimum atomic E-state index is -1.07. The second-order valence-electron chi connectivity index (χ2n) is 3.69. The molecule has 19 heavy (non-hydrogen) atoms. The molecule has 0 aromatic heterocycles. The first-order valence-electron chi connectivity index (χ1n) is 5.22. The average Bonchev–Trinajstić information content (AvgIpc) is 2.38. The first kappa shape index (κ1) is 15.9. The third-order valence-electron chi connectivity index (χ3n) is 2.50. The van der Waals surface area contributed by atoms with E-state index >= 15 is 0 Å². The summed E-state index contributed by atoms with van der Waals surface area (Å²) >= 11 is 5.93. The molecule has 0 amide bonds. The SMILES string of the molecule is O=C(O)c1ccc(C(=O)c2ccccc2)c(Cl)c1.[NaH]. The molecule has 0 spiro atoms. The molecule has 0 aliphatic carbocycles. The Labute approximate surface area is 137 Å². The summed E-state index contributed by atoms with van der Waals surface area (Å²) in [6.45, 7) is 0. The van der Waals surface area contributed by atoms with E-state index < -0.39 is 5.97 Å². The molecule has 2 aromatic carbocycles. The first-order valence-corrected chi connectivity index (χ1v) is 5.60. The number of rotatable bonds is 3. The monoisotopic (exact) mass is 284 g/mol. The van der Waals surface area contributed by atoms with Crippen molar-refractivity contribution in [1.82, 2.24) is 0 Å². The summed E-state index contributed by atoms with van der Waals surface area (Å²) in [6, 6.07) is 12.8. The molecule has 92 valence electrons. The van der Waals surface area contributed by atoms with Crippen molar-refractivity contribution >= 4 is 52.9 Å². The van der Waals surface area contributed by atoms with Gasteiger partial charge in [0, 0.05) is 11.1 Å². The van der Waals surface area contributed by atoms with Gasteiger partial charge in [-0.15, -0.1) is 0 Å². The number of carbonyl (C=O) groups is 2. The van der Waals surface area contributed by atoms with E-state index in [4.69, 9.17) is 16.7 Å². The van der Waals surface area contributed by atoms with Crippen LogP contribution in [0.1, 0.15) is 26.3 Å². The van der Waals surface area contributed by atoms with Crippen LogP contribution < -0.4 is 0 Å². The number of halogens is 1. The number of carboxylic acid groups (broad SMARTS) is 1. The first-order chi connectivity index (χ1) is 8.59. The summed E-state index contributed by atoms with van der Waals surface area (Å²) in [5.74, 6) is -1.30. The fourth-order valence-electron chi connectivity index (χ4n) is 1.58. The van der Waals surface area contributed by atoms with E-state index in [0.29, 0.717) is 11.1 Å². The molecule has 5 heteroatoms. The number of hydrogen-bond donors (Lipinski definition) is 1. The zero-order chi connectivity index (χ0) is 13.1. The van der Waals surface area contributed by atoms with Gasteiger partial charge in [-0.2, -0.15) is 0 Å². The standard InChI is InChI=1S/C14H9ClO3.Na.H/c15-12-8-10(14(17)18)6-7-11(12)13(16)9-4-2-1-3-5-9;;/h1-8H,(H,17,18);;. The van der Waals surface area contributed by atoms with Crippen LogP contribution in [-0.4, -0.2) is 46.4 Å². The van der Waals surface area contributed by atoms with Crippen molar-refractivity contribution in [2.45, 2.75) is 0 Å². The molecule has 0 bridgehead atoms. The molecule has 0 fully saturated rings. The molecule has 0 aliphatic heterocycles. The van der Waals surface area contributed by atoms with Crippen LogP contribution >= 0.6 is 11.6 Å². The van der Waals surface area contributed by atoms with Gasteiger partial charge < -0.3 is 5.11 Å². The van der Waals surface area contributed by atoms with Crippen molar-refractivity contribution in [3.05, 3.63) is 70.2 Å². The molecular weight excluding hydrogens is 275 g/mol. The Hall–Kier alpha value is -1.13. The van der Waals surface area contributed by atoms with E-state index in [1.165, 1.54) is 18.2 Å². The number of hydrogen-bond acceptors (Lipinski definition) is 2. The predicted molar refractivity (Wildman–Crippen MR) is 75.4 cm³/mol. The molecule has 2 aromatic rings. The van der Waals surface area contributed by atoms with Crippen LogP contribution in [0.2, 0.25) is 5.02 Å². The Morgan fingerprint density at radius 3 is 2.11 bits per heavy atom. The number of benzene rings is 2. The van der Waals surface area contributed by atoms with Gasteiger partial charge in [0.05, 0.1) is 10.6 Å². The third kappa shape index (κ3) is 3.67. The number of aromatic carboxylic acids is 1. The average molecular weight is 285 g/mol. The van der Waals surface area contributed by atoms with Crippen molar-refractivity contribution in [2.75, 3.05) is 0 Å². The minimum absolute atomic E-state index is 0. The number of ketones is 1. The predicted octanol–water partition coefficient (Wildman–Crippen LogP) is 2.62. The van der Waals surface area contributed by atoms with Gasteiger partial charge in [0.15, 0.2) is 5.78 Å². The number of carbonyl (C=O) groups excluding carboxylic acids is 1. The van der Waals surface area contributed by atoms with Gasteiger partial charge in [0.25, 0.3) is 0 Å². The molecule has 0 aliphatic rings. The van der Waals surface area contributed by atoms with Gasteiger partial charge in [-0.1, -0.05) is 41.9 Å². The molecular formula is C14H10ClNaO3. The van der Waals surface area contributed by atoms with E-state index in [2.05, 4.69) is 0 Å². The summed E-state index contributed by atoms with van der Waals surface area (Å²) in [7, 11) is 0. The zero-order valence-electron chi connectivity index (χ0n) is 9.26. The van der Waals surface area contributed by atoms with Gasteiger partial charge in [-0.25, -0.2) is 4.79 Å². The van der Waals surface area contributed by atoms with Crippen LogP contribution in [0.3, 0.4) is 0 Å². The quantitative estimate of drug-likeness (QED) is 0.696. The fraction of sp³-hybridized carbons (Fsp3) is 0. The van der Waals surface area contributed by atoms with Gasteiger partial charge in [0.2, 0.25) is 0 Å². The van der Waals surface area contributed by atoms with Gasteiger partial charge in [-0.05, 0) is 18.2 Å². The van der Waals surface area contributed by atoms with E-state index in [9.17, 15) is 9.59 Å². The second kappa shape index (κ2) is 6.87. The summed E-state index contributed by atoms with van der Waals surface area (Å²) in [6.07, 6.45) is 0. The Bertz CT molecular complexity index is 611. The topological polar surface area (TPSA) is 54.4 Å². The Morgan fingerprint density at radius 1 is 0.947 bits per heavy atom. The van der Waals surface area contributed by atoms with E-state index in [1.807, 2.05) is 6.07 Å². The van der Waals surface area contributed by atoms with Crippen molar-refractivity contribution in [3.8, 4) is 0 Å². The maximum atomic E-state index is 12.1. The molecule has 2 rings (SSSR count). The fourth-order valence-corrected chi connectivity index (χ4v) is 1.84. The molecule has 0 saturated heterocycles. The Kier molecular flexibility index (Phi) is 5.76. The van der Waals surface area contributed by atoms with Crippen molar-refractivity contribution in [3.63, 3.8) is 0 Å². The van der Waals surface area contributed by atoms with E-state index in [0.717, 1.165) is 0 Å². The normalized spacial score (nSPS) is 9.53. The summed E-state index contributed by atoms with van der Waals surface area (Å²) in [5, 5.41) is 8.95. The van der Waals surface area contributed by atoms with E-state index in [-0.39, 0.29) is 45.9 Å². The van der Waals surface area contributed by atoms with Crippen molar-refractivity contribution in [1.29, 1.82) is 0 Å². The summed E-state index contributed by atoms with van der Waals surface area (Å²) in [4.78, 5) is 22.9. The molecule has 0 unspecified atom stereocenters. The second-order valence-corrected chi connectivity index (χ2v) is 4.10. The number of carboxylic acids is 1. The molecule has 0 radical (unpaired) electrons. The molecule has 0 heterocycles. The van der Waals surface area contributed by atoms with Crippen LogP contribution in [0.5, 0.6) is 0 Å². The molecule has 0 atom stereocenters. The molecule has 3 nitrogen and oxygen atoms in total. The maximum absolute atomic E-state index is 12.1. The van der Waals surface area contributed by atoms with Crippen LogP contribution in [0.15, 0.2) is 48.5 Å². The Morgan fingerprint density at radius 2 is 1.58 bits per heavy atom. The zero-order valence-corrected chi connectivity index (χ0v) is 10.0. The van der Waals surface area contributed by atoms with Crippen LogP contribution in [0, 0.1) is 0 Å². The third-order valence-corrected chi connectivity index (χ3v) is 2.81. The molecule has 0 saturated carbocycles. The van der Waals surface area contributed by atoms with Crippen molar-refractivity contribution in [2.24, 2.45) is 0 Å².